The van der Waals surface area contributed by atoms with Crippen LogP contribution in [0.25, 0.3) is 0 Å². The summed E-state index contributed by atoms with van der Waals surface area (Å²) in [6.07, 6.45) is 1.87. The van der Waals surface area contributed by atoms with E-state index in [0.29, 0.717) is 6.61 Å². The van der Waals surface area contributed by atoms with Crippen LogP contribution in [0.5, 0.6) is 0 Å². The zero-order chi connectivity index (χ0) is 27.2. The second kappa shape index (κ2) is 12.1. The van der Waals surface area contributed by atoms with Crippen molar-refractivity contribution >= 4 is 40.3 Å². The standard InChI is InChI=1S/C33H28INO4/c34-29-15-7-14-28(23-29)33(26-12-5-2-6-13-26,39-22-8-11-24-9-3-1-4-10-24)27-18-16-25(17-19-27)32(38)35-30(36)20-21-31(35)37/h1-7,9-10,12-19,23H,8,11,20-22H2. The molecule has 1 heterocycles. The van der Waals surface area contributed by atoms with Gasteiger partial charge in [-0.15, -0.1) is 0 Å². The first kappa shape index (κ1) is 27.0. The Morgan fingerprint density at radius 3 is 1.97 bits per heavy atom. The number of carbonyl (C=O) groups is 3. The van der Waals surface area contributed by atoms with Crippen molar-refractivity contribution in [2.75, 3.05) is 6.61 Å². The van der Waals surface area contributed by atoms with Crippen molar-refractivity contribution in [3.8, 4) is 0 Å². The number of amides is 3. The average Bonchev–Trinajstić information content (AvgIpc) is 3.31. The number of halogens is 1. The molecule has 39 heavy (non-hydrogen) atoms. The van der Waals surface area contributed by atoms with E-state index in [-0.39, 0.29) is 18.4 Å². The van der Waals surface area contributed by atoms with Crippen LogP contribution in [0.1, 0.15) is 51.9 Å². The molecule has 196 valence electrons. The van der Waals surface area contributed by atoms with Gasteiger partial charge in [-0.3, -0.25) is 14.4 Å². The van der Waals surface area contributed by atoms with Crippen LogP contribution >= 0.6 is 22.6 Å². The molecule has 3 amide bonds. The van der Waals surface area contributed by atoms with Crippen molar-refractivity contribution in [2.24, 2.45) is 0 Å². The quantitative estimate of drug-likeness (QED) is 0.0916. The lowest BCUT2D eigenvalue weighted by molar-refractivity contribution is -0.134. The number of hydrogen-bond donors (Lipinski definition) is 0. The Balaban J connectivity index is 1.53. The summed E-state index contributed by atoms with van der Waals surface area (Å²) in [5.41, 5.74) is 3.41. The number of rotatable bonds is 9. The van der Waals surface area contributed by atoms with E-state index in [2.05, 4.69) is 59.0 Å². The highest BCUT2D eigenvalue weighted by molar-refractivity contribution is 14.1. The van der Waals surface area contributed by atoms with Crippen LogP contribution in [-0.4, -0.2) is 29.2 Å². The van der Waals surface area contributed by atoms with E-state index in [4.69, 9.17) is 4.74 Å². The first-order chi connectivity index (χ1) is 19.0. The minimum Gasteiger partial charge on any atom is -0.361 e. The highest BCUT2D eigenvalue weighted by atomic mass is 127. The van der Waals surface area contributed by atoms with Crippen molar-refractivity contribution in [1.29, 1.82) is 0 Å². The number of carbonyl (C=O) groups excluding carboxylic acids is 3. The van der Waals surface area contributed by atoms with Gasteiger partial charge in [-0.25, -0.2) is 4.90 Å². The Morgan fingerprint density at radius 1 is 0.744 bits per heavy atom. The summed E-state index contributed by atoms with van der Waals surface area (Å²) in [5, 5.41) is 0. The molecule has 1 aliphatic heterocycles. The largest absolute Gasteiger partial charge is 0.361 e. The SMILES string of the molecule is O=C1CCC(=O)N1C(=O)c1ccc(C(OCCCc2ccccc2)(c2ccccc2)c2cccc(I)c2)cc1. The smallest absolute Gasteiger partial charge is 0.267 e. The van der Waals surface area contributed by atoms with Crippen molar-refractivity contribution in [2.45, 2.75) is 31.3 Å². The number of benzene rings is 4. The van der Waals surface area contributed by atoms with Gasteiger partial charge in [-0.05, 0) is 82.0 Å². The maximum Gasteiger partial charge on any atom is 0.267 e. The number of nitrogens with zero attached hydrogens (tertiary/aromatic N) is 1. The Bertz CT molecular complexity index is 1450. The zero-order valence-electron chi connectivity index (χ0n) is 21.4. The zero-order valence-corrected chi connectivity index (χ0v) is 23.5. The molecular weight excluding hydrogens is 601 g/mol. The minimum atomic E-state index is -0.931. The van der Waals surface area contributed by atoms with Crippen LogP contribution in [0.3, 0.4) is 0 Å². The molecule has 0 bridgehead atoms. The van der Waals surface area contributed by atoms with E-state index in [9.17, 15) is 14.4 Å². The molecular formula is C33H28INO4. The van der Waals surface area contributed by atoms with E-state index >= 15 is 0 Å². The van der Waals surface area contributed by atoms with Gasteiger partial charge in [0.25, 0.3) is 5.91 Å². The molecule has 1 fully saturated rings. The molecule has 0 spiro atoms. The molecule has 6 heteroatoms. The third kappa shape index (κ3) is 5.72. The number of ether oxygens (including phenoxy) is 1. The van der Waals surface area contributed by atoms with E-state index in [1.807, 2.05) is 60.7 Å². The summed E-state index contributed by atoms with van der Waals surface area (Å²) in [5.74, 6) is -1.49. The third-order valence-electron chi connectivity index (χ3n) is 6.98. The first-order valence-electron chi connectivity index (χ1n) is 13.0. The summed E-state index contributed by atoms with van der Waals surface area (Å²) < 4.78 is 7.97. The lowest BCUT2D eigenvalue weighted by Crippen LogP contribution is -2.36. The van der Waals surface area contributed by atoms with E-state index < -0.39 is 23.3 Å². The number of aryl methyl sites for hydroxylation is 1. The average molecular weight is 629 g/mol. The summed E-state index contributed by atoms with van der Waals surface area (Å²) in [7, 11) is 0. The monoisotopic (exact) mass is 629 g/mol. The van der Waals surface area contributed by atoms with Crippen LogP contribution in [-0.2, 0) is 26.3 Å². The predicted octanol–water partition coefficient (Wildman–Crippen LogP) is 6.52. The lowest BCUT2D eigenvalue weighted by Gasteiger charge is -2.36. The van der Waals surface area contributed by atoms with Crippen LogP contribution in [0.15, 0.2) is 109 Å². The van der Waals surface area contributed by atoms with Crippen molar-refractivity contribution in [1.82, 2.24) is 4.90 Å². The molecule has 0 aromatic heterocycles. The molecule has 0 N–H and O–H groups in total. The van der Waals surface area contributed by atoms with Gasteiger partial charge in [-0.1, -0.05) is 84.9 Å². The fourth-order valence-corrected chi connectivity index (χ4v) is 5.60. The predicted molar refractivity (Wildman–Crippen MR) is 158 cm³/mol. The lowest BCUT2D eigenvalue weighted by atomic mass is 9.79. The molecule has 5 rings (SSSR count). The molecule has 1 aliphatic rings. The number of likely N-dealkylation sites (tertiary alicyclic amines) is 1. The highest BCUT2D eigenvalue weighted by Gasteiger charge is 2.39. The Kier molecular flexibility index (Phi) is 8.33. The van der Waals surface area contributed by atoms with Gasteiger partial charge >= 0.3 is 0 Å². The summed E-state index contributed by atoms with van der Waals surface area (Å²) in [4.78, 5) is 38.1. The molecule has 1 atom stereocenters. The Morgan fingerprint density at radius 2 is 1.33 bits per heavy atom. The summed E-state index contributed by atoms with van der Waals surface area (Å²) in [6.45, 7) is 0.507. The second-order valence-electron chi connectivity index (χ2n) is 9.50. The second-order valence-corrected chi connectivity index (χ2v) is 10.7. The molecule has 0 radical (unpaired) electrons. The van der Waals surface area contributed by atoms with E-state index in [1.54, 1.807) is 12.1 Å². The Hall–Kier alpha value is -3.62. The molecule has 4 aromatic rings. The molecule has 1 unspecified atom stereocenters. The molecule has 4 aromatic carbocycles. The van der Waals surface area contributed by atoms with Crippen LogP contribution in [0, 0.1) is 3.57 Å². The molecule has 0 aliphatic carbocycles. The minimum absolute atomic E-state index is 0.0727. The number of hydrogen-bond acceptors (Lipinski definition) is 4. The van der Waals surface area contributed by atoms with Crippen molar-refractivity contribution in [3.05, 3.63) is 141 Å². The fourth-order valence-electron chi connectivity index (χ4n) is 5.06. The Labute approximate surface area is 242 Å². The normalized spacial score (nSPS) is 14.8. The maximum absolute atomic E-state index is 13.0. The highest BCUT2D eigenvalue weighted by Crippen LogP contribution is 2.41. The van der Waals surface area contributed by atoms with E-state index in [1.165, 1.54) is 5.56 Å². The van der Waals surface area contributed by atoms with Gasteiger partial charge < -0.3 is 4.74 Å². The van der Waals surface area contributed by atoms with Gasteiger partial charge in [0.05, 0.1) is 0 Å². The summed E-state index contributed by atoms with van der Waals surface area (Å²) in [6, 6.07) is 35.7. The third-order valence-corrected chi connectivity index (χ3v) is 7.65. The van der Waals surface area contributed by atoms with Crippen molar-refractivity contribution in [3.63, 3.8) is 0 Å². The van der Waals surface area contributed by atoms with Gasteiger partial charge in [-0.2, -0.15) is 0 Å². The van der Waals surface area contributed by atoms with Crippen LogP contribution in [0.4, 0.5) is 0 Å². The first-order valence-corrected chi connectivity index (χ1v) is 14.1. The van der Waals surface area contributed by atoms with Crippen molar-refractivity contribution < 1.29 is 19.1 Å². The van der Waals surface area contributed by atoms with E-state index in [0.717, 1.165) is 38.0 Å². The van der Waals surface area contributed by atoms with Gasteiger partial charge in [0.2, 0.25) is 11.8 Å². The topological polar surface area (TPSA) is 63.7 Å². The van der Waals surface area contributed by atoms with Gasteiger partial charge in [0.15, 0.2) is 0 Å². The summed E-state index contributed by atoms with van der Waals surface area (Å²) >= 11 is 2.31. The molecule has 5 nitrogen and oxygen atoms in total. The number of imide groups is 3. The molecule has 0 saturated carbocycles. The molecule has 1 saturated heterocycles. The van der Waals surface area contributed by atoms with Crippen LogP contribution in [0.2, 0.25) is 0 Å². The fraction of sp³-hybridized carbons (Fsp3) is 0.182. The maximum atomic E-state index is 13.0. The van der Waals surface area contributed by atoms with Gasteiger partial charge in [0.1, 0.15) is 5.60 Å². The van der Waals surface area contributed by atoms with Crippen LogP contribution < -0.4 is 0 Å². The van der Waals surface area contributed by atoms with Gasteiger partial charge in [0, 0.05) is 28.6 Å².